The molecule has 0 aliphatic heterocycles. The molecule has 102 valence electrons. The second-order valence-corrected chi connectivity index (χ2v) is 4.58. The summed E-state index contributed by atoms with van der Waals surface area (Å²) in [6.07, 6.45) is 3.34. The van der Waals surface area contributed by atoms with Crippen molar-refractivity contribution in [2.45, 2.75) is 46.1 Å². The predicted octanol–water partition coefficient (Wildman–Crippen LogP) is 2.50. The van der Waals surface area contributed by atoms with E-state index >= 15 is 0 Å². The van der Waals surface area contributed by atoms with Crippen LogP contribution >= 0.6 is 0 Å². The maximum absolute atomic E-state index is 12.9. The van der Waals surface area contributed by atoms with E-state index in [2.05, 4.69) is 37.7 Å². The van der Waals surface area contributed by atoms with Gasteiger partial charge in [0.05, 0.1) is 5.54 Å². The molecule has 18 heavy (non-hydrogen) atoms. The molecule has 0 unspecified atom stereocenters. The first kappa shape index (κ1) is 14.9. The van der Waals surface area contributed by atoms with Gasteiger partial charge in [0.1, 0.15) is 5.69 Å². The Morgan fingerprint density at radius 3 is 2.17 bits per heavy atom. The highest BCUT2D eigenvalue weighted by Crippen LogP contribution is 2.28. The molecule has 0 atom stereocenters. The SMILES string of the molecule is CCN(CC)C(CC)(CC)C(=O)c1ccnn1C. The average Bonchev–Trinajstić information content (AvgIpc) is 2.81. The van der Waals surface area contributed by atoms with Gasteiger partial charge in [0.15, 0.2) is 0 Å². The van der Waals surface area contributed by atoms with Crippen LogP contribution in [0, 0.1) is 0 Å². The third kappa shape index (κ3) is 2.34. The molecule has 0 N–H and O–H groups in total. The Labute approximate surface area is 110 Å². The van der Waals surface area contributed by atoms with Gasteiger partial charge in [-0.2, -0.15) is 5.10 Å². The van der Waals surface area contributed by atoms with Gasteiger partial charge in [0.2, 0.25) is 5.78 Å². The summed E-state index contributed by atoms with van der Waals surface area (Å²) < 4.78 is 1.67. The predicted molar refractivity (Wildman–Crippen MR) is 73.8 cm³/mol. The first-order valence-corrected chi connectivity index (χ1v) is 6.85. The minimum Gasteiger partial charge on any atom is -0.291 e. The van der Waals surface area contributed by atoms with Gasteiger partial charge in [-0.15, -0.1) is 0 Å². The first-order valence-electron chi connectivity index (χ1n) is 6.85. The molecule has 1 heterocycles. The van der Waals surface area contributed by atoms with Crippen LogP contribution < -0.4 is 0 Å². The summed E-state index contributed by atoms with van der Waals surface area (Å²) in [6, 6.07) is 1.81. The Kier molecular flexibility index (Phi) is 5.08. The summed E-state index contributed by atoms with van der Waals surface area (Å²) in [6.45, 7) is 10.2. The van der Waals surface area contributed by atoms with Gasteiger partial charge < -0.3 is 0 Å². The van der Waals surface area contributed by atoms with Crippen LogP contribution in [0.1, 0.15) is 51.0 Å². The summed E-state index contributed by atoms with van der Waals surface area (Å²) >= 11 is 0. The molecule has 1 rings (SSSR count). The van der Waals surface area contributed by atoms with E-state index in [1.54, 1.807) is 10.9 Å². The average molecular weight is 251 g/mol. The van der Waals surface area contributed by atoms with E-state index in [-0.39, 0.29) is 5.78 Å². The van der Waals surface area contributed by atoms with Crippen molar-refractivity contribution < 1.29 is 4.79 Å². The number of likely N-dealkylation sites (N-methyl/N-ethyl adjacent to an activating group) is 1. The standard InChI is InChI=1S/C14H25N3O/c1-6-14(7-2,17(8-3)9-4)13(18)12-10-11-15-16(12)5/h10-11H,6-9H2,1-5H3. The van der Waals surface area contributed by atoms with Crippen LogP contribution in [0.2, 0.25) is 0 Å². The lowest BCUT2D eigenvalue weighted by Gasteiger charge is -2.40. The molecular formula is C14H25N3O. The summed E-state index contributed by atoms with van der Waals surface area (Å²) in [5, 5.41) is 4.11. The molecule has 0 bridgehead atoms. The fourth-order valence-electron chi connectivity index (χ4n) is 2.83. The third-order valence-corrected chi connectivity index (χ3v) is 4.01. The van der Waals surface area contributed by atoms with E-state index in [0.29, 0.717) is 5.69 Å². The van der Waals surface area contributed by atoms with Gasteiger partial charge in [-0.3, -0.25) is 14.4 Å². The van der Waals surface area contributed by atoms with Crippen LogP contribution in [0.5, 0.6) is 0 Å². The number of rotatable bonds is 7. The highest BCUT2D eigenvalue weighted by atomic mass is 16.1. The van der Waals surface area contributed by atoms with Crippen LogP contribution in [-0.2, 0) is 7.05 Å². The van der Waals surface area contributed by atoms with Crippen molar-refractivity contribution in [2.75, 3.05) is 13.1 Å². The largest absolute Gasteiger partial charge is 0.291 e. The van der Waals surface area contributed by atoms with Gasteiger partial charge in [-0.1, -0.05) is 27.7 Å². The lowest BCUT2D eigenvalue weighted by Crippen LogP contribution is -2.54. The van der Waals surface area contributed by atoms with Crippen molar-refractivity contribution in [2.24, 2.45) is 7.05 Å². The summed E-state index contributed by atoms with van der Waals surface area (Å²) in [7, 11) is 1.82. The van der Waals surface area contributed by atoms with E-state index in [9.17, 15) is 4.79 Å². The fraction of sp³-hybridized carbons (Fsp3) is 0.714. The molecule has 0 spiro atoms. The highest BCUT2D eigenvalue weighted by molar-refractivity contribution is 6.01. The number of ketones is 1. The van der Waals surface area contributed by atoms with Gasteiger partial charge in [-0.05, 0) is 32.0 Å². The quantitative estimate of drug-likeness (QED) is 0.699. The number of hydrogen-bond acceptors (Lipinski definition) is 3. The minimum absolute atomic E-state index is 0.191. The van der Waals surface area contributed by atoms with Gasteiger partial charge >= 0.3 is 0 Å². The van der Waals surface area contributed by atoms with E-state index in [1.807, 2.05) is 13.1 Å². The third-order valence-electron chi connectivity index (χ3n) is 4.01. The van der Waals surface area contributed by atoms with E-state index in [4.69, 9.17) is 0 Å². The van der Waals surface area contributed by atoms with Gasteiger partial charge in [0, 0.05) is 13.2 Å². The Hall–Kier alpha value is -1.16. The molecule has 1 aromatic rings. The van der Waals surface area contributed by atoms with Crippen molar-refractivity contribution in [1.82, 2.24) is 14.7 Å². The fourth-order valence-corrected chi connectivity index (χ4v) is 2.83. The van der Waals surface area contributed by atoms with E-state index < -0.39 is 5.54 Å². The van der Waals surface area contributed by atoms with Crippen molar-refractivity contribution >= 4 is 5.78 Å². The molecule has 0 radical (unpaired) electrons. The zero-order valence-corrected chi connectivity index (χ0v) is 12.2. The Balaban J connectivity index is 3.20. The number of aryl methyl sites for hydroxylation is 1. The molecule has 0 aliphatic carbocycles. The molecule has 4 heteroatoms. The normalized spacial score (nSPS) is 12.1. The number of hydrogen-bond donors (Lipinski definition) is 0. The van der Waals surface area contributed by atoms with Gasteiger partial charge in [-0.25, -0.2) is 0 Å². The molecule has 4 nitrogen and oxygen atoms in total. The molecule has 1 aromatic heterocycles. The minimum atomic E-state index is -0.392. The number of carbonyl (C=O) groups excluding carboxylic acids is 1. The van der Waals surface area contributed by atoms with Crippen molar-refractivity contribution in [1.29, 1.82) is 0 Å². The highest BCUT2D eigenvalue weighted by Gasteiger charge is 2.40. The second kappa shape index (κ2) is 6.14. The van der Waals surface area contributed by atoms with E-state index in [0.717, 1.165) is 25.9 Å². The van der Waals surface area contributed by atoms with Crippen LogP contribution in [0.4, 0.5) is 0 Å². The number of Topliss-reactive ketones (excluding diaryl/α,β-unsaturated/α-hetero) is 1. The Bertz CT molecular complexity index is 389. The molecule has 0 amide bonds. The first-order chi connectivity index (χ1) is 8.57. The van der Waals surface area contributed by atoms with E-state index in [1.165, 1.54) is 0 Å². The number of carbonyl (C=O) groups is 1. The second-order valence-electron chi connectivity index (χ2n) is 4.58. The summed E-state index contributed by atoms with van der Waals surface area (Å²) in [5.41, 5.74) is 0.308. The lowest BCUT2D eigenvalue weighted by atomic mass is 9.84. The van der Waals surface area contributed by atoms with Crippen molar-refractivity contribution in [3.8, 4) is 0 Å². The maximum atomic E-state index is 12.9. The summed E-state index contributed by atoms with van der Waals surface area (Å²) in [4.78, 5) is 15.1. The zero-order chi connectivity index (χ0) is 13.8. The van der Waals surface area contributed by atoms with Gasteiger partial charge in [0.25, 0.3) is 0 Å². The molecule has 0 aromatic carbocycles. The lowest BCUT2D eigenvalue weighted by molar-refractivity contribution is 0.0525. The number of aromatic nitrogens is 2. The topological polar surface area (TPSA) is 38.1 Å². The monoisotopic (exact) mass is 251 g/mol. The van der Waals surface area contributed by atoms with Crippen LogP contribution in [-0.4, -0.2) is 39.1 Å². The molecular weight excluding hydrogens is 226 g/mol. The van der Waals surface area contributed by atoms with Crippen molar-refractivity contribution in [3.63, 3.8) is 0 Å². The Morgan fingerprint density at radius 2 is 1.83 bits per heavy atom. The smallest absolute Gasteiger partial charge is 0.200 e. The Morgan fingerprint density at radius 1 is 1.28 bits per heavy atom. The molecule has 0 fully saturated rings. The molecule has 0 saturated carbocycles. The summed E-state index contributed by atoms with van der Waals surface area (Å²) in [5.74, 6) is 0.191. The van der Waals surface area contributed by atoms with Crippen LogP contribution in [0.25, 0.3) is 0 Å². The molecule has 0 saturated heterocycles. The zero-order valence-electron chi connectivity index (χ0n) is 12.2. The van der Waals surface area contributed by atoms with Crippen LogP contribution in [0.3, 0.4) is 0 Å². The number of nitrogens with zero attached hydrogens (tertiary/aromatic N) is 3. The van der Waals surface area contributed by atoms with Crippen LogP contribution in [0.15, 0.2) is 12.3 Å². The maximum Gasteiger partial charge on any atom is 0.200 e. The van der Waals surface area contributed by atoms with Crippen molar-refractivity contribution in [3.05, 3.63) is 18.0 Å². The molecule has 0 aliphatic rings.